The number of carbonyl (C=O) groups is 2. The fourth-order valence-electron chi connectivity index (χ4n) is 1.69. The monoisotopic (exact) mass is 277 g/mol. The van der Waals surface area contributed by atoms with Crippen LogP contribution in [0.1, 0.15) is 12.5 Å². The lowest BCUT2D eigenvalue weighted by Gasteiger charge is -2.21. The van der Waals surface area contributed by atoms with Crippen molar-refractivity contribution < 1.29 is 24.5 Å². The first kappa shape index (κ1) is 14.1. The summed E-state index contributed by atoms with van der Waals surface area (Å²) in [5.41, 5.74) is -0.831. The molecule has 0 saturated carbocycles. The van der Waals surface area contributed by atoms with Gasteiger partial charge in [0.2, 0.25) is 0 Å². The van der Waals surface area contributed by atoms with Crippen LogP contribution in [-0.4, -0.2) is 40.8 Å². The van der Waals surface area contributed by atoms with Crippen LogP contribution < -0.4 is 10.1 Å². The van der Waals surface area contributed by atoms with Gasteiger partial charge in [-0.2, -0.15) is 0 Å². The largest absolute Gasteiger partial charge is 0.488 e. The molecule has 1 aromatic rings. The number of fused-ring (bicyclic) bond motifs is 1. The Hall–Kier alpha value is -2.34. The summed E-state index contributed by atoms with van der Waals surface area (Å²) in [6.45, 7) is 0.856. The van der Waals surface area contributed by atoms with Crippen molar-refractivity contribution >= 4 is 18.0 Å². The van der Waals surface area contributed by atoms with Crippen molar-refractivity contribution in [1.29, 1.82) is 0 Å². The van der Waals surface area contributed by atoms with E-state index in [1.807, 2.05) is 18.2 Å². The molecule has 0 fully saturated rings. The summed E-state index contributed by atoms with van der Waals surface area (Å²) in [5, 5.41) is 20.7. The van der Waals surface area contributed by atoms with E-state index in [1.165, 1.54) is 0 Å². The number of benzene rings is 1. The van der Waals surface area contributed by atoms with E-state index in [0.29, 0.717) is 11.3 Å². The Bertz CT molecular complexity index is 577. The van der Waals surface area contributed by atoms with Crippen LogP contribution in [0.15, 0.2) is 29.8 Å². The highest BCUT2D eigenvalue weighted by molar-refractivity contribution is 5.99. The van der Waals surface area contributed by atoms with Crippen molar-refractivity contribution in [3.05, 3.63) is 35.4 Å². The lowest BCUT2D eigenvalue weighted by Crippen LogP contribution is -2.47. The smallest absolute Gasteiger partial charge is 0.337 e. The maximum Gasteiger partial charge on any atom is 0.337 e. The Labute approximate surface area is 115 Å². The number of carbonyl (C=O) groups excluding carboxylic acids is 1. The molecule has 1 atom stereocenters. The van der Waals surface area contributed by atoms with E-state index in [2.05, 4.69) is 5.32 Å². The summed E-state index contributed by atoms with van der Waals surface area (Å²) in [4.78, 5) is 22.6. The van der Waals surface area contributed by atoms with E-state index < -0.39 is 17.5 Å². The first-order valence-corrected chi connectivity index (χ1v) is 6.06. The Morgan fingerprint density at radius 1 is 1.40 bits per heavy atom. The van der Waals surface area contributed by atoms with Gasteiger partial charge in [0, 0.05) is 5.56 Å². The van der Waals surface area contributed by atoms with Gasteiger partial charge in [-0.1, -0.05) is 18.2 Å². The van der Waals surface area contributed by atoms with Crippen LogP contribution in [0.5, 0.6) is 5.75 Å². The van der Waals surface area contributed by atoms with Crippen LogP contribution in [0.3, 0.4) is 0 Å². The topological polar surface area (TPSA) is 95.9 Å². The molecule has 3 N–H and O–H groups in total. The number of carboxylic acids is 1. The zero-order valence-corrected chi connectivity index (χ0v) is 10.9. The predicted molar refractivity (Wildman–Crippen MR) is 71.2 cm³/mol. The number of ether oxygens (including phenoxy) is 1. The van der Waals surface area contributed by atoms with Crippen LogP contribution in [0, 0.1) is 0 Å². The van der Waals surface area contributed by atoms with Crippen LogP contribution in [0.25, 0.3) is 6.08 Å². The van der Waals surface area contributed by atoms with Gasteiger partial charge < -0.3 is 20.3 Å². The number of rotatable bonds is 4. The van der Waals surface area contributed by atoms with E-state index in [1.54, 1.807) is 12.1 Å². The molecule has 0 radical (unpaired) electrons. The van der Waals surface area contributed by atoms with E-state index in [9.17, 15) is 14.7 Å². The van der Waals surface area contributed by atoms with E-state index in [-0.39, 0.29) is 13.2 Å². The average Bonchev–Trinajstić information content (AvgIpc) is 2.44. The second kappa shape index (κ2) is 5.34. The van der Waals surface area contributed by atoms with Crippen molar-refractivity contribution in [2.24, 2.45) is 0 Å². The van der Waals surface area contributed by atoms with Gasteiger partial charge in [-0.3, -0.25) is 4.79 Å². The fraction of sp³-hybridized carbons (Fsp3) is 0.286. The average molecular weight is 277 g/mol. The molecular formula is C14H15NO5. The summed E-state index contributed by atoms with van der Waals surface area (Å²) < 4.78 is 5.43. The summed E-state index contributed by atoms with van der Waals surface area (Å²) in [7, 11) is 0. The molecular weight excluding hydrogens is 262 g/mol. The minimum absolute atomic E-state index is 0.109. The van der Waals surface area contributed by atoms with E-state index in [4.69, 9.17) is 9.84 Å². The number of hydrogen-bond donors (Lipinski definition) is 3. The third-order valence-corrected chi connectivity index (χ3v) is 2.98. The zero-order chi connectivity index (χ0) is 14.8. The molecule has 20 heavy (non-hydrogen) atoms. The second-order valence-electron chi connectivity index (χ2n) is 4.76. The van der Waals surface area contributed by atoms with Gasteiger partial charge in [-0.15, -0.1) is 0 Å². The number of hydrogen-bond acceptors (Lipinski definition) is 4. The Morgan fingerprint density at radius 2 is 2.10 bits per heavy atom. The number of aliphatic hydroxyl groups is 1. The van der Waals surface area contributed by atoms with Crippen molar-refractivity contribution in [1.82, 2.24) is 5.32 Å². The number of amides is 1. The van der Waals surface area contributed by atoms with Crippen LogP contribution in [0.2, 0.25) is 0 Å². The van der Waals surface area contributed by atoms with Crippen molar-refractivity contribution in [3.8, 4) is 5.75 Å². The molecule has 0 aliphatic carbocycles. The molecule has 0 spiro atoms. The van der Waals surface area contributed by atoms with Crippen LogP contribution in [-0.2, 0) is 9.59 Å². The molecule has 1 aromatic carbocycles. The maximum absolute atomic E-state index is 11.9. The summed E-state index contributed by atoms with van der Waals surface area (Å²) in [6.07, 6.45) is 1.68. The minimum Gasteiger partial charge on any atom is -0.488 e. The molecule has 1 aliphatic rings. The number of aliphatic carboxylic acids is 1. The number of nitrogens with one attached hydrogen (secondary N) is 1. The highest BCUT2D eigenvalue weighted by Gasteiger charge is 2.30. The van der Waals surface area contributed by atoms with Gasteiger partial charge in [-0.05, 0) is 19.1 Å². The lowest BCUT2D eigenvalue weighted by molar-refractivity contribution is -0.156. The van der Waals surface area contributed by atoms with Gasteiger partial charge in [0.25, 0.3) is 5.91 Å². The molecule has 1 heterocycles. The Balaban J connectivity index is 2.05. The standard InChI is InChI=1S/C14H15NO5/c1-14(19,13(17)18)8-15-12(16)10-6-9-4-2-3-5-11(9)20-7-10/h2-6,19H,7-8H2,1H3,(H,15,16)(H,17,18). The van der Waals surface area contributed by atoms with E-state index in [0.717, 1.165) is 12.5 Å². The highest BCUT2D eigenvalue weighted by Crippen LogP contribution is 2.25. The van der Waals surface area contributed by atoms with E-state index >= 15 is 0 Å². The van der Waals surface area contributed by atoms with Gasteiger partial charge in [-0.25, -0.2) is 4.79 Å². The third kappa shape index (κ3) is 2.97. The second-order valence-corrected chi connectivity index (χ2v) is 4.76. The molecule has 6 heteroatoms. The normalized spacial score (nSPS) is 16.2. The summed E-state index contributed by atoms with van der Waals surface area (Å²) in [5.74, 6) is -1.15. The Morgan fingerprint density at radius 3 is 2.80 bits per heavy atom. The zero-order valence-electron chi connectivity index (χ0n) is 10.9. The molecule has 6 nitrogen and oxygen atoms in total. The molecule has 1 unspecified atom stereocenters. The van der Waals surface area contributed by atoms with Crippen LogP contribution in [0.4, 0.5) is 0 Å². The molecule has 1 amide bonds. The molecule has 2 rings (SSSR count). The first-order valence-electron chi connectivity index (χ1n) is 6.06. The summed E-state index contributed by atoms with van der Waals surface area (Å²) >= 11 is 0. The van der Waals surface area contributed by atoms with Crippen molar-refractivity contribution in [3.63, 3.8) is 0 Å². The van der Waals surface area contributed by atoms with Crippen molar-refractivity contribution in [2.45, 2.75) is 12.5 Å². The highest BCUT2D eigenvalue weighted by atomic mass is 16.5. The summed E-state index contributed by atoms with van der Waals surface area (Å²) in [6, 6.07) is 7.28. The lowest BCUT2D eigenvalue weighted by atomic mass is 10.1. The fourth-order valence-corrected chi connectivity index (χ4v) is 1.69. The van der Waals surface area contributed by atoms with Crippen molar-refractivity contribution in [2.75, 3.05) is 13.2 Å². The molecule has 0 saturated heterocycles. The quantitative estimate of drug-likeness (QED) is 0.741. The van der Waals surface area contributed by atoms with Gasteiger partial charge in [0.1, 0.15) is 12.4 Å². The third-order valence-electron chi connectivity index (χ3n) is 2.98. The number of carboxylic acid groups (broad SMARTS) is 1. The molecule has 1 aliphatic heterocycles. The number of para-hydroxylation sites is 1. The SMILES string of the molecule is CC(O)(CNC(=O)C1=Cc2ccccc2OC1)C(=O)O. The van der Waals surface area contributed by atoms with Gasteiger partial charge >= 0.3 is 5.97 Å². The van der Waals surface area contributed by atoms with Gasteiger partial charge in [0.15, 0.2) is 5.60 Å². The minimum atomic E-state index is -2.00. The molecule has 0 bridgehead atoms. The Kier molecular flexibility index (Phi) is 3.76. The predicted octanol–water partition coefficient (Wildman–Crippen LogP) is 0.414. The van der Waals surface area contributed by atoms with Crippen LogP contribution >= 0.6 is 0 Å². The first-order chi connectivity index (χ1) is 9.40. The van der Waals surface area contributed by atoms with Gasteiger partial charge in [0.05, 0.1) is 12.1 Å². The molecule has 0 aromatic heterocycles. The maximum atomic E-state index is 11.9. The molecule has 106 valence electrons.